The first-order chi connectivity index (χ1) is 7.02. The SMILES string of the molecule is CC(CCN)COCCC(C)(C)N=[N+]=[N-]. The van der Waals surface area contributed by atoms with Crippen LogP contribution in [0.3, 0.4) is 0 Å². The van der Waals surface area contributed by atoms with E-state index in [4.69, 9.17) is 16.0 Å². The van der Waals surface area contributed by atoms with Crippen molar-refractivity contribution in [1.29, 1.82) is 0 Å². The highest BCUT2D eigenvalue weighted by atomic mass is 16.5. The van der Waals surface area contributed by atoms with Crippen LogP contribution in [0.5, 0.6) is 0 Å². The van der Waals surface area contributed by atoms with Gasteiger partial charge >= 0.3 is 0 Å². The van der Waals surface area contributed by atoms with Crippen molar-refractivity contribution >= 4 is 0 Å². The van der Waals surface area contributed by atoms with Crippen molar-refractivity contribution < 1.29 is 4.74 Å². The molecule has 0 saturated heterocycles. The molecule has 0 aliphatic heterocycles. The predicted octanol–water partition coefficient (Wildman–Crippen LogP) is 2.47. The van der Waals surface area contributed by atoms with E-state index in [1.165, 1.54) is 0 Å². The minimum Gasteiger partial charge on any atom is -0.381 e. The quantitative estimate of drug-likeness (QED) is 0.291. The molecule has 0 aromatic heterocycles. The van der Waals surface area contributed by atoms with Gasteiger partial charge in [-0.05, 0) is 30.8 Å². The Morgan fingerprint density at radius 2 is 2.20 bits per heavy atom. The van der Waals surface area contributed by atoms with E-state index in [1.807, 2.05) is 13.8 Å². The largest absolute Gasteiger partial charge is 0.381 e. The molecule has 0 aromatic carbocycles. The molecule has 0 radical (unpaired) electrons. The van der Waals surface area contributed by atoms with Crippen LogP contribution in [0.1, 0.15) is 33.6 Å². The molecule has 0 bridgehead atoms. The van der Waals surface area contributed by atoms with Crippen LogP contribution in [0.25, 0.3) is 10.4 Å². The lowest BCUT2D eigenvalue weighted by Crippen LogP contribution is -2.20. The van der Waals surface area contributed by atoms with E-state index in [1.54, 1.807) is 0 Å². The summed E-state index contributed by atoms with van der Waals surface area (Å²) in [6, 6.07) is 0. The average Bonchev–Trinajstić information content (AvgIpc) is 2.13. The van der Waals surface area contributed by atoms with Gasteiger partial charge < -0.3 is 10.5 Å². The molecular formula is C10H22N4O. The fraction of sp³-hybridized carbons (Fsp3) is 1.00. The Kier molecular flexibility index (Phi) is 7.13. The number of hydrogen-bond donors (Lipinski definition) is 1. The van der Waals surface area contributed by atoms with Gasteiger partial charge in [0.15, 0.2) is 0 Å². The van der Waals surface area contributed by atoms with Crippen molar-refractivity contribution in [1.82, 2.24) is 0 Å². The minimum atomic E-state index is -0.355. The molecule has 5 heteroatoms. The molecule has 0 amide bonds. The summed E-state index contributed by atoms with van der Waals surface area (Å²) in [5.74, 6) is 0.498. The van der Waals surface area contributed by atoms with Gasteiger partial charge in [-0.2, -0.15) is 0 Å². The van der Waals surface area contributed by atoms with Crippen LogP contribution in [0, 0.1) is 5.92 Å². The predicted molar refractivity (Wildman–Crippen MR) is 61.5 cm³/mol. The van der Waals surface area contributed by atoms with E-state index in [2.05, 4.69) is 16.9 Å². The second kappa shape index (κ2) is 7.51. The second-order valence-corrected chi connectivity index (χ2v) is 4.51. The van der Waals surface area contributed by atoms with Crippen LogP contribution < -0.4 is 5.73 Å². The molecule has 0 saturated carbocycles. The fourth-order valence-corrected chi connectivity index (χ4v) is 1.15. The maximum Gasteiger partial charge on any atom is 0.0492 e. The highest BCUT2D eigenvalue weighted by Crippen LogP contribution is 2.14. The third kappa shape index (κ3) is 8.24. The fourth-order valence-electron chi connectivity index (χ4n) is 1.15. The van der Waals surface area contributed by atoms with Crippen molar-refractivity contribution in [2.24, 2.45) is 16.8 Å². The van der Waals surface area contributed by atoms with Crippen LogP contribution >= 0.6 is 0 Å². The van der Waals surface area contributed by atoms with E-state index in [9.17, 15) is 0 Å². The number of azide groups is 1. The van der Waals surface area contributed by atoms with Crippen LogP contribution in [0.15, 0.2) is 5.11 Å². The second-order valence-electron chi connectivity index (χ2n) is 4.51. The molecule has 1 atom stereocenters. The van der Waals surface area contributed by atoms with E-state index < -0.39 is 0 Å². The summed E-state index contributed by atoms with van der Waals surface area (Å²) in [6.45, 7) is 7.98. The first kappa shape index (κ1) is 14.2. The van der Waals surface area contributed by atoms with Crippen molar-refractivity contribution in [2.45, 2.75) is 39.2 Å². The van der Waals surface area contributed by atoms with Gasteiger partial charge in [0.2, 0.25) is 0 Å². The van der Waals surface area contributed by atoms with Crippen LogP contribution in [-0.2, 0) is 4.74 Å². The lowest BCUT2D eigenvalue weighted by Gasteiger charge is -2.18. The molecule has 0 rings (SSSR count). The molecule has 15 heavy (non-hydrogen) atoms. The van der Waals surface area contributed by atoms with Gasteiger partial charge in [-0.15, -0.1) is 0 Å². The van der Waals surface area contributed by atoms with Gasteiger partial charge in [-0.3, -0.25) is 0 Å². The van der Waals surface area contributed by atoms with E-state index in [0.29, 0.717) is 19.1 Å². The van der Waals surface area contributed by atoms with Crippen molar-refractivity contribution in [2.75, 3.05) is 19.8 Å². The summed E-state index contributed by atoms with van der Waals surface area (Å²) in [7, 11) is 0. The first-order valence-electron chi connectivity index (χ1n) is 5.36. The summed E-state index contributed by atoms with van der Waals surface area (Å²) in [5, 5.41) is 3.69. The third-order valence-electron chi connectivity index (χ3n) is 2.24. The Balaban J connectivity index is 3.57. The summed E-state index contributed by atoms with van der Waals surface area (Å²) in [5.41, 5.74) is 13.4. The van der Waals surface area contributed by atoms with Gasteiger partial charge in [-0.25, -0.2) is 0 Å². The van der Waals surface area contributed by atoms with E-state index >= 15 is 0 Å². The molecule has 0 fully saturated rings. The molecule has 0 aliphatic rings. The molecule has 0 heterocycles. The molecule has 5 nitrogen and oxygen atoms in total. The standard InChI is InChI=1S/C10H22N4O/c1-9(4-6-11)8-15-7-5-10(2,3)13-14-12/h9H,4-8,11H2,1-3H3. The van der Waals surface area contributed by atoms with Gasteiger partial charge in [0.05, 0.1) is 0 Å². The minimum absolute atomic E-state index is 0.355. The highest BCUT2D eigenvalue weighted by Gasteiger charge is 2.15. The normalized spacial score (nSPS) is 13.3. The smallest absolute Gasteiger partial charge is 0.0492 e. The molecule has 0 aromatic rings. The Hall–Kier alpha value is -0.770. The number of rotatable bonds is 8. The number of ether oxygens (including phenoxy) is 1. The molecule has 2 N–H and O–H groups in total. The van der Waals surface area contributed by atoms with Gasteiger partial charge in [-0.1, -0.05) is 25.9 Å². The summed E-state index contributed by atoms with van der Waals surface area (Å²) in [6.07, 6.45) is 1.73. The summed E-state index contributed by atoms with van der Waals surface area (Å²) < 4.78 is 5.49. The zero-order chi connectivity index (χ0) is 11.7. The molecule has 88 valence electrons. The summed E-state index contributed by atoms with van der Waals surface area (Å²) >= 11 is 0. The zero-order valence-corrected chi connectivity index (χ0v) is 9.94. The van der Waals surface area contributed by atoms with Gasteiger partial charge in [0, 0.05) is 23.7 Å². The van der Waals surface area contributed by atoms with Crippen LogP contribution in [0.2, 0.25) is 0 Å². The van der Waals surface area contributed by atoms with Crippen molar-refractivity contribution in [3.63, 3.8) is 0 Å². The molecule has 0 aliphatic carbocycles. The van der Waals surface area contributed by atoms with Crippen LogP contribution in [0.4, 0.5) is 0 Å². The monoisotopic (exact) mass is 214 g/mol. The van der Waals surface area contributed by atoms with Gasteiger partial charge in [0.1, 0.15) is 0 Å². The van der Waals surface area contributed by atoms with E-state index in [0.717, 1.165) is 19.4 Å². The lowest BCUT2D eigenvalue weighted by atomic mass is 10.0. The average molecular weight is 214 g/mol. The maximum absolute atomic E-state index is 8.32. The first-order valence-corrected chi connectivity index (χ1v) is 5.36. The summed E-state index contributed by atoms with van der Waals surface area (Å²) in [4.78, 5) is 2.80. The highest BCUT2D eigenvalue weighted by molar-refractivity contribution is 4.77. The topological polar surface area (TPSA) is 84.0 Å². The molecule has 0 spiro atoms. The lowest BCUT2D eigenvalue weighted by molar-refractivity contribution is 0.0909. The Morgan fingerprint density at radius 1 is 1.53 bits per heavy atom. The zero-order valence-electron chi connectivity index (χ0n) is 9.94. The Bertz CT molecular complexity index is 211. The Morgan fingerprint density at radius 3 is 2.73 bits per heavy atom. The molecular weight excluding hydrogens is 192 g/mol. The Labute approximate surface area is 91.6 Å². The van der Waals surface area contributed by atoms with Gasteiger partial charge in [0.25, 0.3) is 0 Å². The van der Waals surface area contributed by atoms with Crippen molar-refractivity contribution in [3.8, 4) is 0 Å². The number of nitrogens with zero attached hydrogens (tertiary/aromatic N) is 3. The third-order valence-corrected chi connectivity index (χ3v) is 2.24. The number of nitrogens with two attached hydrogens (primary N) is 1. The van der Waals surface area contributed by atoms with E-state index in [-0.39, 0.29) is 5.54 Å². The van der Waals surface area contributed by atoms with Crippen molar-refractivity contribution in [3.05, 3.63) is 10.4 Å². The number of hydrogen-bond acceptors (Lipinski definition) is 3. The van der Waals surface area contributed by atoms with Crippen LogP contribution in [-0.4, -0.2) is 25.3 Å². The molecule has 1 unspecified atom stereocenters. The maximum atomic E-state index is 8.32.